The fraction of sp³-hybridized carbons (Fsp3) is 0.533. The van der Waals surface area contributed by atoms with Crippen molar-refractivity contribution in [3.63, 3.8) is 0 Å². The molecule has 1 heterocycles. The van der Waals surface area contributed by atoms with Crippen molar-refractivity contribution in [2.45, 2.75) is 19.8 Å². The lowest BCUT2D eigenvalue weighted by molar-refractivity contribution is -0.145. The molecule has 0 radical (unpaired) electrons. The molecule has 1 aliphatic heterocycles. The van der Waals surface area contributed by atoms with Gasteiger partial charge in [0.2, 0.25) is 0 Å². The lowest BCUT2D eigenvalue weighted by atomic mass is 9.95. The maximum atomic E-state index is 11.4. The molecule has 18 heavy (non-hydrogen) atoms. The number of ether oxygens (including phenoxy) is 1. The SMILES string of the molecule is COC(=O)C(C)CC1CCN(c2ccccc2)C1. The maximum Gasteiger partial charge on any atom is 0.308 e. The second-order valence-corrected chi connectivity index (χ2v) is 5.10. The Labute approximate surface area is 109 Å². The molecular weight excluding hydrogens is 226 g/mol. The molecule has 2 unspecified atom stereocenters. The summed E-state index contributed by atoms with van der Waals surface area (Å²) in [6, 6.07) is 10.5. The van der Waals surface area contributed by atoms with Crippen molar-refractivity contribution in [2.24, 2.45) is 11.8 Å². The molecule has 1 saturated heterocycles. The molecule has 3 nitrogen and oxygen atoms in total. The molecule has 0 saturated carbocycles. The summed E-state index contributed by atoms with van der Waals surface area (Å²) in [7, 11) is 1.46. The summed E-state index contributed by atoms with van der Waals surface area (Å²) in [6.07, 6.45) is 2.09. The molecule has 0 aliphatic carbocycles. The molecule has 1 aromatic carbocycles. The van der Waals surface area contributed by atoms with E-state index in [2.05, 4.69) is 29.2 Å². The first-order valence-electron chi connectivity index (χ1n) is 6.58. The number of hydrogen-bond acceptors (Lipinski definition) is 3. The molecule has 1 aliphatic rings. The van der Waals surface area contributed by atoms with Crippen molar-refractivity contribution in [1.29, 1.82) is 0 Å². The largest absolute Gasteiger partial charge is 0.469 e. The van der Waals surface area contributed by atoms with E-state index in [9.17, 15) is 4.79 Å². The minimum Gasteiger partial charge on any atom is -0.469 e. The summed E-state index contributed by atoms with van der Waals surface area (Å²) in [4.78, 5) is 13.8. The number of benzene rings is 1. The van der Waals surface area contributed by atoms with Crippen LogP contribution in [-0.4, -0.2) is 26.2 Å². The van der Waals surface area contributed by atoms with Crippen molar-refractivity contribution in [3.05, 3.63) is 30.3 Å². The van der Waals surface area contributed by atoms with Crippen molar-refractivity contribution in [3.8, 4) is 0 Å². The van der Waals surface area contributed by atoms with Crippen LogP contribution in [0.15, 0.2) is 30.3 Å². The lowest BCUT2D eigenvalue weighted by Gasteiger charge is -2.19. The van der Waals surface area contributed by atoms with E-state index in [1.54, 1.807) is 0 Å². The van der Waals surface area contributed by atoms with Gasteiger partial charge in [-0.2, -0.15) is 0 Å². The Morgan fingerprint density at radius 1 is 1.44 bits per heavy atom. The first-order valence-corrected chi connectivity index (χ1v) is 6.58. The number of carbonyl (C=O) groups excluding carboxylic acids is 1. The normalized spacial score (nSPS) is 20.8. The number of esters is 1. The van der Waals surface area contributed by atoms with Crippen LogP contribution in [-0.2, 0) is 9.53 Å². The van der Waals surface area contributed by atoms with Gasteiger partial charge in [0.25, 0.3) is 0 Å². The molecule has 1 aromatic rings. The van der Waals surface area contributed by atoms with E-state index in [1.807, 2.05) is 13.0 Å². The fourth-order valence-electron chi connectivity index (χ4n) is 2.70. The van der Waals surface area contributed by atoms with Gasteiger partial charge in [0, 0.05) is 18.8 Å². The third-order valence-electron chi connectivity index (χ3n) is 3.70. The van der Waals surface area contributed by atoms with Gasteiger partial charge in [-0.1, -0.05) is 25.1 Å². The Kier molecular flexibility index (Phi) is 4.24. The summed E-state index contributed by atoms with van der Waals surface area (Å²) < 4.78 is 4.78. The molecule has 0 amide bonds. The van der Waals surface area contributed by atoms with Crippen LogP contribution in [0.3, 0.4) is 0 Å². The van der Waals surface area contributed by atoms with E-state index in [4.69, 9.17) is 4.74 Å². The Morgan fingerprint density at radius 3 is 2.83 bits per heavy atom. The van der Waals surface area contributed by atoms with E-state index in [0.29, 0.717) is 5.92 Å². The molecule has 2 rings (SSSR count). The molecule has 0 N–H and O–H groups in total. The van der Waals surface area contributed by atoms with Crippen LogP contribution in [0.4, 0.5) is 5.69 Å². The Hall–Kier alpha value is -1.51. The predicted octanol–water partition coefficient (Wildman–Crippen LogP) is 2.71. The molecule has 2 atom stereocenters. The average Bonchev–Trinajstić information content (AvgIpc) is 2.87. The summed E-state index contributed by atoms with van der Waals surface area (Å²) in [5, 5.41) is 0. The van der Waals surface area contributed by atoms with Gasteiger partial charge in [-0.3, -0.25) is 4.79 Å². The van der Waals surface area contributed by atoms with Crippen LogP contribution in [0.5, 0.6) is 0 Å². The quantitative estimate of drug-likeness (QED) is 0.766. The summed E-state index contributed by atoms with van der Waals surface area (Å²) in [5.41, 5.74) is 1.28. The minimum atomic E-state index is -0.0897. The van der Waals surface area contributed by atoms with Gasteiger partial charge in [0.15, 0.2) is 0 Å². The Balaban J connectivity index is 1.87. The lowest BCUT2D eigenvalue weighted by Crippen LogP contribution is -2.21. The molecule has 0 bridgehead atoms. The molecule has 3 heteroatoms. The third-order valence-corrected chi connectivity index (χ3v) is 3.70. The van der Waals surface area contributed by atoms with E-state index in [-0.39, 0.29) is 11.9 Å². The molecule has 98 valence electrons. The second-order valence-electron chi connectivity index (χ2n) is 5.10. The van der Waals surface area contributed by atoms with Gasteiger partial charge in [0.1, 0.15) is 0 Å². The van der Waals surface area contributed by atoms with E-state index in [1.165, 1.54) is 12.8 Å². The molecule has 0 spiro atoms. The van der Waals surface area contributed by atoms with E-state index < -0.39 is 0 Å². The highest BCUT2D eigenvalue weighted by Gasteiger charge is 2.26. The van der Waals surface area contributed by atoms with Crippen molar-refractivity contribution in [1.82, 2.24) is 0 Å². The number of hydrogen-bond donors (Lipinski definition) is 0. The van der Waals surface area contributed by atoms with Gasteiger partial charge in [-0.05, 0) is 30.9 Å². The zero-order valence-corrected chi connectivity index (χ0v) is 11.1. The van der Waals surface area contributed by atoms with Crippen molar-refractivity contribution < 1.29 is 9.53 Å². The standard InChI is InChI=1S/C15H21NO2/c1-12(15(17)18-2)10-13-8-9-16(11-13)14-6-4-3-5-7-14/h3-7,12-13H,8-11H2,1-2H3. The minimum absolute atomic E-state index is 0.00993. The zero-order chi connectivity index (χ0) is 13.0. The van der Waals surface area contributed by atoms with Gasteiger partial charge in [0.05, 0.1) is 13.0 Å². The monoisotopic (exact) mass is 247 g/mol. The van der Waals surface area contributed by atoms with Gasteiger partial charge < -0.3 is 9.64 Å². The van der Waals surface area contributed by atoms with Crippen LogP contribution in [0.25, 0.3) is 0 Å². The molecule has 1 fully saturated rings. The number of para-hydroxylation sites is 1. The van der Waals surface area contributed by atoms with Gasteiger partial charge >= 0.3 is 5.97 Å². The van der Waals surface area contributed by atoms with Crippen LogP contribution in [0.1, 0.15) is 19.8 Å². The topological polar surface area (TPSA) is 29.5 Å². The first-order chi connectivity index (χ1) is 8.70. The Morgan fingerprint density at radius 2 is 2.17 bits per heavy atom. The predicted molar refractivity (Wildman–Crippen MR) is 72.6 cm³/mol. The van der Waals surface area contributed by atoms with Gasteiger partial charge in [-0.25, -0.2) is 0 Å². The Bertz CT molecular complexity index is 391. The first kappa shape index (κ1) is 12.9. The van der Waals surface area contributed by atoms with Crippen LogP contribution < -0.4 is 4.90 Å². The van der Waals surface area contributed by atoms with E-state index in [0.717, 1.165) is 25.9 Å². The maximum absolute atomic E-state index is 11.4. The van der Waals surface area contributed by atoms with Crippen LogP contribution >= 0.6 is 0 Å². The number of rotatable bonds is 4. The molecule has 0 aromatic heterocycles. The highest BCUT2D eigenvalue weighted by atomic mass is 16.5. The zero-order valence-electron chi connectivity index (χ0n) is 11.1. The van der Waals surface area contributed by atoms with Crippen LogP contribution in [0, 0.1) is 11.8 Å². The molecular formula is C15H21NO2. The van der Waals surface area contributed by atoms with Crippen molar-refractivity contribution >= 4 is 11.7 Å². The third kappa shape index (κ3) is 3.03. The average molecular weight is 247 g/mol. The summed E-state index contributed by atoms with van der Waals surface area (Å²) in [5.74, 6) is 0.517. The smallest absolute Gasteiger partial charge is 0.308 e. The number of anilines is 1. The summed E-state index contributed by atoms with van der Waals surface area (Å²) >= 11 is 0. The highest BCUT2D eigenvalue weighted by molar-refractivity contribution is 5.71. The number of methoxy groups -OCH3 is 1. The highest BCUT2D eigenvalue weighted by Crippen LogP contribution is 2.27. The van der Waals surface area contributed by atoms with E-state index >= 15 is 0 Å². The summed E-state index contributed by atoms with van der Waals surface area (Å²) in [6.45, 7) is 4.09. The second kappa shape index (κ2) is 5.89. The number of carbonyl (C=O) groups is 1. The van der Waals surface area contributed by atoms with Crippen LogP contribution in [0.2, 0.25) is 0 Å². The van der Waals surface area contributed by atoms with Crippen molar-refractivity contribution in [2.75, 3.05) is 25.1 Å². The fourth-order valence-corrected chi connectivity index (χ4v) is 2.70. The van der Waals surface area contributed by atoms with Gasteiger partial charge in [-0.15, -0.1) is 0 Å². The number of nitrogens with zero attached hydrogens (tertiary/aromatic N) is 1.